The lowest BCUT2D eigenvalue weighted by Crippen LogP contribution is -2.40. The third-order valence-electron chi connectivity index (χ3n) is 1.46. The monoisotopic (exact) mass is 187 g/mol. The van der Waals surface area contributed by atoms with Gasteiger partial charge in [-0.1, -0.05) is 6.58 Å². The Morgan fingerprint density at radius 2 is 2.15 bits per heavy atom. The zero-order chi connectivity index (χ0) is 10.4. The molecule has 0 amide bonds. The third kappa shape index (κ3) is 4.27. The number of hydrogen-bond acceptors (Lipinski definition) is 4. The molecule has 0 aliphatic heterocycles. The van der Waals surface area contributed by atoms with Crippen LogP contribution >= 0.6 is 0 Å². The van der Waals surface area contributed by atoms with Gasteiger partial charge in [-0.3, -0.25) is 9.69 Å². The molecule has 0 aromatic carbocycles. The van der Waals surface area contributed by atoms with E-state index in [1.165, 1.54) is 4.90 Å². The number of esters is 1. The first-order chi connectivity index (χ1) is 5.99. The highest BCUT2D eigenvalue weighted by Gasteiger charge is 2.20. The fourth-order valence-corrected chi connectivity index (χ4v) is 0.661. The van der Waals surface area contributed by atoms with Crippen LogP contribution in [0.3, 0.4) is 0 Å². The third-order valence-corrected chi connectivity index (χ3v) is 1.46. The van der Waals surface area contributed by atoms with Crippen LogP contribution in [-0.4, -0.2) is 48.7 Å². The van der Waals surface area contributed by atoms with Gasteiger partial charge in [0.2, 0.25) is 0 Å². The van der Waals surface area contributed by atoms with E-state index < -0.39 is 18.0 Å². The highest BCUT2D eigenvalue weighted by molar-refractivity contribution is 5.81. The van der Waals surface area contributed by atoms with Crippen molar-refractivity contribution in [2.45, 2.75) is 6.04 Å². The van der Waals surface area contributed by atoms with Crippen molar-refractivity contribution in [3.05, 3.63) is 12.7 Å². The van der Waals surface area contributed by atoms with E-state index in [1.54, 1.807) is 14.1 Å². The Morgan fingerprint density at radius 3 is 2.46 bits per heavy atom. The fourth-order valence-electron chi connectivity index (χ4n) is 0.661. The van der Waals surface area contributed by atoms with Gasteiger partial charge in [-0.05, 0) is 14.1 Å². The van der Waals surface area contributed by atoms with E-state index in [4.69, 9.17) is 5.11 Å². The Labute approximate surface area is 76.6 Å². The van der Waals surface area contributed by atoms with Crippen LogP contribution < -0.4 is 0 Å². The van der Waals surface area contributed by atoms with Crippen molar-refractivity contribution in [1.82, 2.24) is 4.90 Å². The summed E-state index contributed by atoms with van der Waals surface area (Å²) in [4.78, 5) is 22.6. The number of carboxylic acids is 1. The van der Waals surface area contributed by atoms with Crippen LogP contribution in [0, 0.1) is 0 Å². The number of rotatable bonds is 5. The van der Waals surface area contributed by atoms with Crippen molar-refractivity contribution in [2.24, 2.45) is 0 Å². The summed E-state index contributed by atoms with van der Waals surface area (Å²) >= 11 is 0. The van der Waals surface area contributed by atoms with Crippen molar-refractivity contribution in [3.63, 3.8) is 0 Å². The lowest BCUT2D eigenvalue weighted by Gasteiger charge is -2.18. The summed E-state index contributed by atoms with van der Waals surface area (Å²) in [6, 6.07) is -0.816. The molecule has 0 spiro atoms. The first kappa shape index (κ1) is 11.6. The second-order valence-electron chi connectivity index (χ2n) is 2.65. The SMILES string of the molecule is C=CC(=O)OCC(C(=O)O)N(C)C. The van der Waals surface area contributed by atoms with Crippen LogP contribution in [0.4, 0.5) is 0 Å². The minimum absolute atomic E-state index is 0.173. The van der Waals surface area contributed by atoms with Gasteiger partial charge in [-0.2, -0.15) is 0 Å². The number of likely N-dealkylation sites (N-methyl/N-ethyl adjacent to an activating group) is 1. The molecule has 74 valence electrons. The Hall–Kier alpha value is -1.36. The fraction of sp³-hybridized carbons (Fsp3) is 0.500. The predicted octanol–water partition coefficient (Wildman–Crippen LogP) is -0.270. The van der Waals surface area contributed by atoms with Crippen molar-refractivity contribution in [3.8, 4) is 0 Å². The number of aliphatic carboxylic acids is 1. The van der Waals surface area contributed by atoms with Crippen molar-refractivity contribution < 1.29 is 19.4 Å². The zero-order valence-electron chi connectivity index (χ0n) is 7.69. The highest BCUT2D eigenvalue weighted by Crippen LogP contribution is 1.95. The molecule has 0 saturated heterocycles. The van der Waals surface area contributed by atoms with E-state index in [1.807, 2.05) is 0 Å². The van der Waals surface area contributed by atoms with Crippen LogP contribution in [0.15, 0.2) is 12.7 Å². The summed E-state index contributed by atoms with van der Waals surface area (Å²) in [6.45, 7) is 3.02. The number of hydrogen-bond donors (Lipinski definition) is 1. The summed E-state index contributed by atoms with van der Waals surface area (Å²) in [7, 11) is 3.20. The molecule has 0 fully saturated rings. The first-order valence-electron chi connectivity index (χ1n) is 3.67. The molecule has 5 heteroatoms. The lowest BCUT2D eigenvalue weighted by molar-refractivity contribution is -0.148. The molecule has 0 rings (SSSR count). The normalized spacial score (nSPS) is 12.2. The summed E-state index contributed by atoms with van der Waals surface area (Å²) in [5, 5.41) is 8.67. The molecule has 1 unspecified atom stereocenters. The van der Waals surface area contributed by atoms with E-state index in [9.17, 15) is 9.59 Å². The molecular weight excluding hydrogens is 174 g/mol. The van der Waals surface area contributed by atoms with Crippen molar-refractivity contribution >= 4 is 11.9 Å². The van der Waals surface area contributed by atoms with E-state index in [0.717, 1.165) is 6.08 Å². The Morgan fingerprint density at radius 1 is 1.62 bits per heavy atom. The maximum absolute atomic E-state index is 10.6. The van der Waals surface area contributed by atoms with Crippen LogP contribution in [0.2, 0.25) is 0 Å². The quantitative estimate of drug-likeness (QED) is 0.474. The molecule has 0 aliphatic carbocycles. The first-order valence-corrected chi connectivity index (χ1v) is 3.67. The van der Waals surface area contributed by atoms with Gasteiger partial charge < -0.3 is 9.84 Å². The molecule has 1 N–H and O–H groups in total. The van der Waals surface area contributed by atoms with Gasteiger partial charge in [-0.15, -0.1) is 0 Å². The second-order valence-corrected chi connectivity index (χ2v) is 2.65. The van der Waals surface area contributed by atoms with Crippen molar-refractivity contribution in [1.29, 1.82) is 0 Å². The summed E-state index contributed by atoms with van der Waals surface area (Å²) in [6.07, 6.45) is 0.995. The number of carbonyl (C=O) groups is 2. The van der Waals surface area contributed by atoms with Gasteiger partial charge in [0.15, 0.2) is 0 Å². The standard InChI is InChI=1S/C8H13NO4/c1-4-7(10)13-5-6(8(11)12)9(2)3/h4,6H,1,5H2,2-3H3,(H,11,12). The van der Waals surface area contributed by atoms with Gasteiger partial charge in [0.1, 0.15) is 12.6 Å². The number of ether oxygens (including phenoxy) is 1. The molecular formula is C8H13NO4. The van der Waals surface area contributed by atoms with Crippen molar-refractivity contribution in [2.75, 3.05) is 20.7 Å². The largest absolute Gasteiger partial charge is 0.480 e. The van der Waals surface area contributed by atoms with Crippen LogP contribution in [0.25, 0.3) is 0 Å². The highest BCUT2D eigenvalue weighted by atomic mass is 16.5. The maximum atomic E-state index is 10.6. The molecule has 0 aromatic heterocycles. The van der Waals surface area contributed by atoms with E-state index in [-0.39, 0.29) is 6.61 Å². The molecule has 0 aromatic rings. The van der Waals surface area contributed by atoms with Gasteiger partial charge in [-0.25, -0.2) is 4.79 Å². The molecule has 13 heavy (non-hydrogen) atoms. The Balaban J connectivity index is 4.04. The van der Waals surface area contributed by atoms with Crippen LogP contribution in [0.1, 0.15) is 0 Å². The van der Waals surface area contributed by atoms with E-state index in [2.05, 4.69) is 11.3 Å². The van der Waals surface area contributed by atoms with Gasteiger partial charge in [0.05, 0.1) is 0 Å². The molecule has 0 aliphatic rings. The summed E-state index contributed by atoms with van der Waals surface area (Å²) in [5.74, 6) is -1.64. The smallest absolute Gasteiger partial charge is 0.330 e. The molecule has 0 bridgehead atoms. The van der Waals surface area contributed by atoms with Crippen LogP contribution in [-0.2, 0) is 14.3 Å². The molecule has 0 saturated carbocycles. The number of carbonyl (C=O) groups excluding carboxylic acids is 1. The summed E-state index contributed by atoms with van der Waals surface area (Å²) in [5.41, 5.74) is 0. The Bertz CT molecular complexity index is 212. The van der Waals surface area contributed by atoms with E-state index in [0.29, 0.717) is 0 Å². The molecule has 0 radical (unpaired) electrons. The summed E-state index contributed by atoms with van der Waals surface area (Å²) < 4.78 is 4.60. The zero-order valence-corrected chi connectivity index (χ0v) is 7.69. The van der Waals surface area contributed by atoms with E-state index >= 15 is 0 Å². The average Bonchev–Trinajstić information content (AvgIpc) is 2.03. The minimum Gasteiger partial charge on any atom is -0.480 e. The van der Waals surface area contributed by atoms with Gasteiger partial charge in [0.25, 0.3) is 0 Å². The Kier molecular flexibility index (Phi) is 4.76. The van der Waals surface area contributed by atoms with Gasteiger partial charge in [0, 0.05) is 6.08 Å². The number of nitrogens with zero attached hydrogens (tertiary/aromatic N) is 1. The second kappa shape index (κ2) is 5.31. The lowest BCUT2D eigenvalue weighted by atomic mass is 10.3. The predicted molar refractivity (Wildman–Crippen MR) is 46.3 cm³/mol. The van der Waals surface area contributed by atoms with Gasteiger partial charge >= 0.3 is 11.9 Å². The minimum atomic E-state index is -1.03. The average molecular weight is 187 g/mol. The molecule has 0 heterocycles. The van der Waals surface area contributed by atoms with Crippen LogP contribution in [0.5, 0.6) is 0 Å². The molecule has 5 nitrogen and oxygen atoms in total. The maximum Gasteiger partial charge on any atom is 0.330 e. The molecule has 1 atom stereocenters. The topological polar surface area (TPSA) is 66.8 Å². The number of carboxylic acid groups (broad SMARTS) is 1.